The quantitative estimate of drug-likeness (QED) is 0.897. The molecule has 0 radical (unpaired) electrons. The topological polar surface area (TPSA) is 48.1 Å². The van der Waals surface area contributed by atoms with Crippen molar-refractivity contribution in [1.82, 2.24) is 4.98 Å². The summed E-state index contributed by atoms with van der Waals surface area (Å²) in [7, 11) is 0. The Kier molecular flexibility index (Phi) is 3.51. The lowest BCUT2D eigenvalue weighted by Crippen LogP contribution is -2.05. The number of aromatic nitrogens is 1. The van der Waals surface area contributed by atoms with Gasteiger partial charge in [-0.2, -0.15) is 0 Å². The molecule has 0 saturated heterocycles. The average Bonchev–Trinajstić information content (AvgIpc) is 2.33. The minimum absolute atomic E-state index is 0.188. The van der Waals surface area contributed by atoms with E-state index >= 15 is 0 Å². The molecule has 0 amide bonds. The summed E-state index contributed by atoms with van der Waals surface area (Å²) in [5, 5.41) is 0. The molecule has 1 heterocycles. The molecule has 0 aliphatic heterocycles. The Morgan fingerprint density at radius 3 is 2.28 bits per heavy atom. The van der Waals surface area contributed by atoms with Crippen molar-refractivity contribution in [1.29, 1.82) is 0 Å². The molecule has 18 heavy (non-hydrogen) atoms. The Morgan fingerprint density at radius 1 is 1.06 bits per heavy atom. The number of nitrogens with two attached hydrogens (primary N) is 1. The average molecular weight is 242 g/mol. The second-order valence-corrected chi connectivity index (χ2v) is 4.56. The molecule has 2 rings (SSSR count). The van der Waals surface area contributed by atoms with Crippen LogP contribution >= 0.6 is 0 Å². The fraction of sp³-hybridized carbons (Fsp3) is 0.267. The number of nitrogens with zero attached hydrogens (tertiary/aromatic N) is 1. The maximum Gasteiger partial charge on any atom is 0.119 e. The van der Waals surface area contributed by atoms with E-state index in [0.717, 1.165) is 28.4 Å². The third kappa shape index (κ3) is 2.80. The molecule has 0 spiro atoms. The van der Waals surface area contributed by atoms with Crippen LogP contribution in [0.2, 0.25) is 0 Å². The van der Waals surface area contributed by atoms with E-state index in [1.54, 1.807) is 0 Å². The molecule has 0 aliphatic carbocycles. The van der Waals surface area contributed by atoms with Crippen LogP contribution in [0, 0.1) is 6.92 Å². The second kappa shape index (κ2) is 5.08. The van der Waals surface area contributed by atoms with Crippen molar-refractivity contribution in [3.63, 3.8) is 0 Å². The van der Waals surface area contributed by atoms with E-state index < -0.39 is 0 Å². The summed E-state index contributed by atoms with van der Waals surface area (Å²) in [6, 6.07) is 11.8. The van der Waals surface area contributed by atoms with E-state index in [0.29, 0.717) is 0 Å². The lowest BCUT2D eigenvalue weighted by atomic mass is 10.1. The predicted molar refractivity (Wildman–Crippen MR) is 74.6 cm³/mol. The van der Waals surface area contributed by atoms with Crippen LogP contribution in [0.15, 0.2) is 36.4 Å². The maximum atomic E-state index is 5.76. The zero-order valence-corrected chi connectivity index (χ0v) is 11.0. The molecule has 94 valence electrons. The summed E-state index contributed by atoms with van der Waals surface area (Å²) < 4.78 is 5.61. The normalized spacial score (nSPS) is 10.7. The van der Waals surface area contributed by atoms with E-state index in [2.05, 4.69) is 4.98 Å². The second-order valence-electron chi connectivity index (χ2n) is 4.56. The molecule has 3 heteroatoms. The monoisotopic (exact) mass is 242 g/mol. The van der Waals surface area contributed by atoms with Crippen LogP contribution in [-0.4, -0.2) is 11.1 Å². The summed E-state index contributed by atoms with van der Waals surface area (Å²) in [6.45, 7) is 5.94. The number of rotatable bonds is 3. The summed E-state index contributed by atoms with van der Waals surface area (Å²) in [5.41, 5.74) is 9.33. The van der Waals surface area contributed by atoms with Gasteiger partial charge in [0.15, 0.2) is 0 Å². The number of hydrogen-bond acceptors (Lipinski definition) is 3. The highest BCUT2D eigenvalue weighted by Crippen LogP contribution is 2.23. The zero-order valence-electron chi connectivity index (χ0n) is 11.0. The molecule has 3 nitrogen and oxygen atoms in total. The molecule has 1 aromatic heterocycles. The van der Waals surface area contributed by atoms with Gasteiger partial charge in [0.05, 0.1) is 23.2 Å². The lowest BCUT2D eigenvalue weighted by molar-refractivity contribution is 0.242. The summed E-state index contributed by atoms with van der Waals surface area (Å²) in [6.07, 6.45) is 0.188. The van der Waals surface area contributed by atoms with Crippen molar-refractivity contribution in [3.05, 3.63) is 42.1 Å². The fourth-order valence-corrected chi connectivity index (χ4v) is 1.71. The fourth-order valence-electron chi connectivity index (χ4n) is 1.71. The van der Waals surface area contributed by atoms with Crippen molar-refractivity contribution >= 4 is 5.69 Å². The van der Waals surface area contributed by atoms with Crippen LogP contribution < -0.4 is 10.5 Å². The lowest BCUT2D eigenvalue weighted by Gasteiger charge is -2.10. The Balaban J connectivity index is 2.25. The first-order chi connectivity index (χ1) is 8.56. The Morgan fingerprint density at radius 2 is 1.72 bits per heavy atom. The highest BCUT2D eigenvalue weighted by molar-refractivity contribution is 5.62. The van der Waals surface area contributed by atoms with Gasteiger partial charge in [-0.05, 0) is 57.2 Å². The smallest absolute Gasteiger partial charge is 0.119 e. The van der Waals surface area contributed by atoms with Crippen LogP contribution in [0.4, 0.5) is 5.69 Å². The van der Waals surface area contributed by atoms with Crippen molar-refractivity contribution < 1.29 is 4.74 Å². The van der Waals surface area contributed by atoms with Gasteiger partial charge in [0, 0.05) is 5.56 Å². The molecule has 2 aromatic rings. The first kappa shape index (κ1) is 12.4. The van der Waals surface area contributed by atoms with E-state index in [1.807, 2.05) is 57.2 Å². The summed E-state index contributed by atoms with van der Waals surface area (Å²) >= 11 is 0. The van der Waals surface area contributed by atoms with Gasteiger partial charge in [0.25, 0.3) is 0 Å². The Labute approximate surface area is 108 Å². The van der Waals surface area contributed by atoms with Gasteiger partial charge in [0.1, 0.15) is 5.75 Å². The first-order valence-electron chi connectivity index (χ1n) is 6.06. The number of hydrogen-bond donors (Lipinski definition) is 1. The summed E-state index contributed by atoms with van der Waals surface area (Å²) in [5.74, 6) is 0.876. The number of aryl methyl sites for hydroxylation is 1. The minimum atomic E-state index is 0.188. The minimum Gasteiger partial charge on any atom is -0.491 e. The summed E-state index contributed by atoms with van der Waals surface area (Å²) in [4.78, 5) is 4.47. The molecule has 0 saturated carbocycles. The van der Waals surface area contributed by atoms with Crippen LogP contribution in [0.5, 0.6) is 5.75 Å². The van der Waals surface area contributed by atoms with Crippen molar-refractivity contribution in [3.8, 4) is 17.0 Å². The Hall–Kier alpha value is -2.03. The van der Waals surface area contributed by atoms with Crippen molar-refractivity contribution in [2.45, 2.75) is 26.9 Å². The highest BCUT2D eigenvalue weighted by Gasteiger charge is 2.03. The van der Waals surface area contributed by atoms with Gasteiger partial charge in [0.2, 0.25) is 0 Å². The van der Waals surface area contributed by atoms with Crippen LogP contribution in [0.25, 0.3) is 11.3 Å². The zero-order chi connectivity index (χ0) is 13.1. The predicted octanol–water partition coefficient (Wildman–Crippen LogP) is 3.43. The molecule has 2 N–H and O–H groups in total. The largest absolute Gasteiger partial charge is 0.491 e. The molecular formula is C15H18N2O. The number of benzene rings is 1. The molecule has 1 aromatic carbocycles. The molecular weight excluding hydrogens is 224 g/mol. The van der Waals surface area contributed by atoms with Crippen molar-refractivity contribution in [2.24, 2.45) is 0 Å². The SMILES string of the molecule is Cc1nc(-c2ccc(OC(C)C)cc2)ccc1N. The van der Waals surface area contributed by atoms with Crippen LogP contribution in [0.1, 0.15) is 19.5 Å². The standard InChI is InChI=1S/C15H18N2O/c1-10(2)18-13-6-4-12(5-7-13)15-9-8-14(16)11(3)17-15/h4-10H,16H2,1-3H3. The molecule has 0 aliphatic rings. The van der Waals surface area contributed by atoms with Gasteiger partial charge >= 0.3 is 0 Å². The molecule has 0 bridgehead atoms. The number of anilines is 1. The number of pyridine rings is 1. The first-order valence-corrected chi connectivity index (χ1v) is 6.06. The third-order valence-corrected chi connectivity index (χ3v) is 2.65. The number of nitrogen functional groups attached to an aromatic ring is 1. The van der Waals surface area contributed by atoms with E-state index in [1.165, 1.54) is 0 Å². The maximum absolute atomic E-state index is 5.76. The van der Waals surface area contributed by atoms with Crippen LogP contribution in [-0.2, 0) is 0 Å². The van der Waals surface area contributed by atoms with Gasteiger partial charge in [-0.3, -0.25) is 4.98 Å². The van der Waals surface area contributed by atoms with Gasteiger partial charge in [-0.25, -0.2) is 0 Å². The third-order valence-electron chi connectivity index (χ3n) is 2.65. The highest BCUT2D eigenvalue weighted by atomic mass is 16.5. The van der Waals surface area contributed by atoms with Gasteiger partial charge in [-0.15, -0.1) is 0 Å². The van der Waals surface area contributed by atoms with Crippen molar-refractivity contribution in [2.75, 3.05) is 5.73 Å². The van der Waals surface area contributed by atoms with E-state index in [9.17, 15) is 0 Å². The van der Waals surface area contributed by atoms with Gasteiger partial charge < -0.3 is 10.5 Å². The number of ether oxygens (including phenoxy) is 1. The van der Waals surface area contributed by atoms with E-state index in [4.69, 9.17) is 10.5 Å². The Bertz CT molecular complexity index is 533. The van der Waals surface area contributed by atoms with E-state index in [-0.39, 0.29) is 6.10 Å². The molecule has 0 unspecified atom stereocenters. The molecule has 0 fully saturated rings. The molecule has 0 atom stereocenters. The van der Waals surface area contributed by atoms with Crippen LogP contribution in [0.3, 0.4) is 0 Å². The van der Waals surface area contributed by atoms with Gasteiger partial charge in [-0.1, -0.05) is 0 Å².